The van der Waals surface area contributed by atoms with Crippen LogP contribution in [0.2, 0.25) is 0 Å². The molecular formula is C24H18N2O3S. The second-order valence-electron chi connectivity index (χ2n) is 7.30. The molecule has 0 aromatic heterocycles. The van der Waals surface area contributed by atoms with Crippen molar-refractivity contribution in [2.75, 3.05) is 10.2 Å². The summed E-state index contributed by atoms with van der Waals surface area (Å²) < 4.78 is 0. The lowest BCUT2D eigenvalue weighted by molar-refractivity contribution is -0.120. The lowest BCUT2D eigenvalue weighted by atomic mass is 9.97. The molecule has 5 nitrogen and oxygen atoms in total. The Morgan fingerprint density at radius 2 is 1.73 bits per heavy atom. The zero-order valence-electron chi connectivity index (χ0n) is 16.1. The predicted octanol–water partition coefficient (Wildman–Crippen LogP) is 4.79. The molecule has 0 bridgehead atoms. The Bertz CT molecular complexity index is 1230. The Balaban J connectivity index is 1.68. The van der Waals surface area contributed by atoms with Crippen LogP contribution in [-0.4, -0.2) is 16.9 Å². The first-order valence-electron chi connectivity index (χ1n) is 9.55. The fourth-order valence-electron chi connectivity index (χ4n) is 3.85. The number of thioether (sulfide) groups is 1. The fourth-order valence-corrected chi connectivity index (χ4v) is 4.95. The van der Waals surface area contributed by atoms with E-state index in [0.29, 0.717) is 21.7 Å². The number of aryl methyl sites for hydroxylation is 1. The van der Waals surface area contributed by atoms with Crippen LogP contribution in [0.3, 0.4) is 0 Å². The van der Waals surface area contributed by atoms with Crippen LogP contribution in [0.15, 0.2) is 88.2 Å². The first kappa shape index (κ1) is 18.5. The maximum Gasteiger partial charge on any atom is 0.272 e. The average molecular weight is 414 g/mol. The van der Waals surface area contributed by atoms with Gasteiger partial charge in [-0.2, -0.15) is 0 Å². The monoisotopic (exact) mass is 414 g/mol. The molecule has 6 heteroatoms. The number of para-hydroxylation sites is 1. The summed E-state index contributed by atoms with van der Waals surface area (Å²) in [6, 6.07) is 21.2. The number of imide groups is 1. The number of hydrogen-bond acceptors (Lipinski definition) is 5. The van der Waals surface area contributed by atoms with Crippen molar-refractivity contribution in [2.45, 2.75) is 17.9 Å². The van der Waals surface area contributed by atoms with Crippen molar-refractivity contribution < 1.29 is 14.7 Å². The molecule has 2 amide bonds. The number of nitrogens with zero attached hydrogens (tertiary/aromatic N) is 1. The zero-order chi connectivity index (χ0) is 20.8. The van der Waals surface area contributed by atoms with Crippen molar-refractivity contribution in [3.05, 3.63) is 94.4 Å². The number of phenolic OH excluding ortho intramolecular Hbond substituents is 1. The highest BCUT2D eigenvalue weighted by Gasteiger charge is 2.45. The minimum atomic E-state index is -0.561. The number of nitrogens with one attached hydrogen (secondary N) is 1. The highest BCUT2D eigenvalue weighted by Crippen LogP contribution is 2.48. The van der Waals surface area contributed by atoms with E-state index in [4.69, 9.17) is 0 Å². The Morgan fingerprint density at radius 1 is 0.933 bits per heavy atom. The summed E-state index contributed by atoms with van der Waals surface area (Å²) in [7, 11) is 0. The van der Waals surface area contributed by atoms with Crippen molar-refractivity contribution >= 4 is 35.0 Å². The number of aromatic hydroxyl groups is 1. The van der Waals surface area contributed by atoms with Crippen LogP contribution < -0.4 is 10.2 Å². The van der Waals surface area contributed by atoms with E-state index in [-0.39, 0.29) is 17.6 Å². The molecule has 2 heterocycles. The summed E-state index contributed by atoms with van der Waals surface area (Å²) in [5.74, 6) is -0.565. The Morgan fingerprint density at radius 3 is 2.53 bits per heavy atom. The van der Waals surface area contributed by atoms with Crippen LogP contribution in [0.1, 0.15) is 17.2 Å². The second-order valence-corrected chi connectivity index (χ2v) is 8.35. The summed E-state index contributed by atoms with van der Waals surface area (Å²) >= 11 is 1.31. The number of anilines is 2. The van der Waals surface area contributed by atoms with Gasteiger partial charge in [0.15, 0.2) is 0 Å². The molecule has 2 N–H and O–H groups in total. The molecule has 0 saturated heterocycles. The number of rotatable bonds is 2. The van der Waals surface area contributed by atoms with E-state index >= 15 is 0 Å². The second kappa shape index (κ2) is 7.07. The maximum absolute atomic E-state index is 13.6. The van der Waals surface area contributed by atoms with Crippen LogP contribution in [0.4, 0.5) is 11.4 Å². The molecule has 2 aliphatic heterocycles. The van der Waals surface area contributed by atoms with E-state index in [1.807, 2.05) is 55.5 Å². The number of carbonyl (C=O) groups excluding carboxylic acids is 2. The van der Waals surface area contributed by atoms with Gasteiger partial charge >= 0.3 is 0 Å². The number of amides is 2. The molecule has 0 spiro atoms. The molecule has 148 valence electrons. The Kier molecular flexibility index (Phi) is 4.37. The van der Waals surface area contributed by atoms with E-state index in [9.17, 15) is 14.7 Å². The van der Waals surface area contributed by atoms with Gasteiger partial charge in [-0.3, -0.25) is 9.59 Å². The summed E-state index contributed by atoms with van der Waals surface area (Å²) in [6.45, 7) is 1.93. The van der Waals surface area contributed by atoms with Crippen molar-refractivity contribution in [2.24, 2.45) is 0 Å². The topological polar surface area (TPSA) is 69.6 Å². The van der Waals surface area contributed by atoms with Gasteiger partial charge in [0.2, 0.25) is 0 Å². The number of carbonyl (C=O) groups is 2. The molecule has 5 rings (SSSR count). The molecule has 0 radical (unpaired) electrons. The van der Waals surface area contributed by atoms with E-state index < -0.39 is 6.04 Å². The molecular weight excluding hydrogens is 396 g/mol. The van der Waals surface area contributed by atoms with Gasteiger partial charge in [0.05, 0.1) is 22.2 Å². The smallest absolute Gasteiger partial charge is 0.272 e. The third kappa shape index (κ3) is 2.97. The van der Waals surface area contributed by atoms with Gasteiger partial charge in [0.25, 0.3) is 11.8 Å². The molecule has 30 heavy (non-hydrogen) atoms. The fraction of sp³-hybridized carbons (Fsp3) is 0.0833. The van der Waals surface area contributed by atoms with Crippen LogP contribution in [-0.2, 0) is 9.59 Å². The Labute approximate surface area is 178 Å². The van der Waals surface area contributed by atoms with Crippen LogP contribution >= 0.6 is 11.8 Å². The van der Waals surface area contributed by atoms with E-state index in [1.165, 1.54) is 16.7 Å². The quantitative estimate of drug-likeness (QED) is 0.590. The van der Waals surface area contributed by atoms with Gasteiger partial charge < -0.3 is 10.4 Å². The van der Waals surface area contributed by atoms with Gasteiger partial charge in [-0.05, 0) is 54.4 Å². The number of phenols is 1. The summed E-state index contributed by atoms with van der Waals surface area (Å²) in [4.78, 5) is 29.5. The third-order valence-corrected chi connectivity index (χ3v) is 6.40. The van der Waals surface area contributed by atoms with Gasteiger partial charge in [-0.1, -0.05) is 48.2 Å². The molecule has 2 aliphatic rings. The van der Waals surface area contributed by atoms with Crippen LogP contribution in [0.25, 0.3) is 0 Å². The zero-order valence-corrected chi connectivity index (χ0v) is 16.9. The van der Waals surface area contributed by atoms with Gasteiger partial charge in [-0.25, -0.2) is 4.90 Å². The molecule has 0 unspecified atom stereocenters. The lowest BCUT2D eigenvalue weighted by Gasteiger charge is -2.23. The molecule has 3 aromatic rings. The van der Waals surface area contributed by atoms with Crippen LogP contribution in [0.5, 0.6) is 5.75 Å². The molecule has 1 atom stereocenters. The average Bonchev–Trinajstić information content (AvgIpc) is 2.88. The van der Waals surface area contributed by atoms with Gasteiger partial charge in [0, 0.05) is 10.6 Å². The minimum absolute atomic E-state index is 0.106. The maximum atomic E-state index is 13.6. The van der Waals surface area contributed by atoms with Crippen molar-refractivity contribution in [3.63, 3.8) is 0 Å². The highest BCUT2D eigenvalue weighted by atomic mass is 32.2. The van der Waals surface area contributed by atoms with Crippen molar-refractivity contribution in [1.29, 1.82) is 0 Å². The summed E-state index contributed by atoms with van der Waals surface area (Å²) in [5.41, 5.74) is 3.48. The molecule has 3 aromatic carbocycles. The summed E-state index contributed by atoms with van der Waals surface area (Å²) in [6.07, 6.45) is 0. The summed E-state index contributed by atoms with van der Waals surface area (Å²) in [5, 5.41) is 13.4. The SMILES string of the molecule is Cc1cccc(N2C(=O)C3=C(C2=O)[C@H](c2cccc(O)c2)Nc2ccccc2S3)c1. The number of fused-ring (bicyclic) bond motifs is 1. The van der Waals surface area contributed by atoms with E-state index in [1.54, 1.807) is 24.3 Å². The van der Waals surface area contributed by atoms with Crippen molar-refractivity contribution in [3.8, 4) is 5.75 Å². The van der Waals surface area contributed by atoms with E-state index in [0.717, 1.165) is 16.1 Å². The predicted molar refractivity (Wildman–Crippen MR) is 117 cm³/mol. The van der Waals surface area contributed by atoms with E-state index in [2.05, 4.69) is 5.32 Å². The number of hydrogen-bond donors (Lipinski definition) is 2. The first-order valence-corrected chi connectivity index (χ1v) is 10.4. The standard InChI is InChI=1S/C24H18N2O3S/c1-14-6-4-8-16(12-14)26-23(28)20-21(15-7-5-9-17(27)13-15)25-18-10-2-3-11-19(18)30-22(20)24(26)29/h2-13,21,25,27H,1H3/t21-/m0/s1. The molecule has 0 saturated carbocycles. The first-order chi connectivity index (χ1) is 14.5. The highest BCUT2D eigenvalue weighted by molar-refractivity contribution is 8.04. The third-order valence-electron chi connectivity index (χ3n) is 5.23. The number of benzene rings is 3. The minimum Gasteiger partial charge on any atom is -0.508 e. The van der Waals surface area contributed by atoms with Crippen molar-refractivity contribution in [1.82, 2.24) is 0 Å². The van der Waals surface area contributed by atoms with Crippen LogP contribution in [0, 0.1) is 6.92 Å². The molecule has 0 aliphatic carbocycles. The van der Waals surface area contributed by atoms with Gasteiger partial charge in [0.1, 0.15) is 5.75 Å². The largest absolute Gasteiger partial charge is 0.508 e. The normalized spacial score (nSPS) is 18.0. The van der Waals surface area contributed by atoms with Gasteiger partial charge in [-0.15, -0.1) is 0 Å². The molecule has 0 fully saturated rings. The lowest BCUT2D eigenvalue weighted by Crippen LogP contribution is -2.33. The Hall–Kier alpha value is -3.51.